The highest BCUT2D eigenvalue weighted by atomic mass is 16.5. The van der Waals surface area contributed by atoms with Gasteiger partial charge in [-0.05, 0) is 30.6 Å². The smallest absolute Gasteiger partial charge is 0.114 e. The van der Waals surface area contributed by atoms with Crippen molar-refractivity contribution in [3.8, 4) is 0 Å². The zero-order valence-corrected chi connectivity index (χ0v) is 8.31. The Kier molecular flexibility index (Phi) is 4.41. The van der Waals surface area contributed by atoms with Gasteiger partial charge in [0.15, 0.2) is 0 Å². The fourth-order valence-electron chi connectivity index (χ4n) is 1.14. The lowest BCUT2D eigenvalue weighted by atomic mass is 10.1. The van der Waals surface area contributed by atoms with Gasteiger partial charge < -0.3 is 4.74 Å². The Balaban J connectivity index is 2.74. The molecule has 3 heteroatoms. The number of hydrogen-bond donors (Lipinski definition) is 0. The summed E-state index contributed by atoms with van der Waals surface area (Å²) in [5, 5.41) is 7.15. The van der Waals surface area contributed by atoms with Gasteiger partial charge in [-0.25, -0.2) is 0 Å². The van der Waals surface area contributed by atoms with E-state index in [0.717, 1.165) is 24.2 Å². The van der Waals surface area contributed by atoms with E-state index in [2.05, 4.69) is 29.1 Å². The van der Waals surface area contributed by atoms with E-state index in [4.69, 9.17) is 4.74 Å². The maximum atomic E-state index is 5.15. The van der Waals surface area contributed by atoms with Crippen molar-refractivity contribution < 1.29 is 4.74 Å². The maximum absolute atomic E-state index is 5.15. The molecular formula is C11H14N2O. The van der Waals surface area contributed by atoms with E-state index in [9.17, 15) is 0 Å². The van der Waals surface area contributed by atoms with Crippen LogP contribution in [0.3, 0.4) is 0 Å². The van der Waals surface area contributed by atoms with Crippen LogP contribution in [-0.4, -0.2) is 20.0 Å². The highest BCUT2D eigenvalue weighted by Gasteiger charge is 1.95. The molecule has 0 fully saturated rings. The number of nitrogens with zero attached hydrogens (tertiary/aromatic N) is 2. The summed E-state index contributed by atoms with van der Waals surface area (Å²) >= 11 is 0. The Bertz CT molecular complexity index is 311. The standard InChI is InChI=1S/C11H14N2O/c1-12-13-9-10-5-3-4-6-11(14-2)8-7-10/h5-9H,1,3-4H2,2H3/b8-7-,10-5?,11-6+,13-9+. The second kappa shape index (κ2) is 5.91. The van der Waals surface area contributed by atoms with Crippen LogP contribution in [0.5, 0.6) is 0 Å². The first-order valence-electron chi connectivity index (χ1n) is 4.48. The normalized spacial score (nSPS) is 22.9. The van der Waals surface area contributed by atoms with E-state index < -0.39 is 0 Å². The zero-order valence-electron chi connectivity index (χ0n) is 8.31. The summed E-state index contributed by atoms with van der Waals surface area (Å²) in [7, 11) is 1.67. The molecule has 0 saturated heterocycles. The predicted octanol–water partition coefficient (Wildman–Crippen LogP) is 2.48. The first-order valence-corrected chi connectivity index (χ1v) is 4.48. The van der Waals surface area contributed by atoms with Crippen molar-refractivity contribution in [3.05, 3.63) is 35.6 Å². The molecule has 0 unspecified atom stereocenters. The molecule has 0 aromatic rings. The Morgan fingerprint density at radius 2 is 2.14 bits per heavy atom. The van der Waals surface area contributed by atoms with E-state index in [1.165, 1.54) is 0 Å². The molecular weight excluding hydrogens is 176 g/mol. The van der Waals surface area contributed by atoms with Gasteiger partial charge in [-0.15, -0.1) is 0 Å². The van der Waals surface area contributed by atoms with Gasteiger partial charge in [0, 0.05) is 6.72 Å². The van der Waals surface area contributed by atoms with Gasteiger partial charge in [0.05, 0.1) is 13.3 Å². The first-order chi connectivity index (χ1) is 6.86. The highest BCUT2D eigenvalue weighted by molar-refractivity contribution is 5.82. The van der Waals surface area contributed by atoms with Crippen LogP contribution in [0.1, 0.15) is 12.8 Å². The van der Waals surface area contributed by atoms with E-state index in [0.29, 0.717) is 0 Å². The van der Waals surface area contributed by atoms with Gasteiger partial charge in [0.2, 0.25) is 0 Å². The molecule has 0 bridgehead atoms. The van der Waals surface area contributed by atoms with Crippen LogP contribution in [0, 0.1) is 0 Å². The van der Waals surface area contributed by atoms with Crippen molar-refractivity contribution >= 4 is 12.9 Å². The van der Waals surface area contributed by atoms with Crippen molar-refractivity contribution in [2.75, 3.05) is 7.11 Å². The number of ether oxygens (including phenoxy) is 1. The summed E-state index contributed by atoms with van der Waals surface area (Å²) in [6, 6.07) is 0. The molecule has 0 saturated carbocycles. The minimum absolute atomic E-state index is 0.885. The molecule has 0 aromatic heterocycles. The Morgan fingerprint density at radius 1 is 1.36 bits per heavy atom. The number of rotatable bonds is 3. The topological polar surface area (TPSA) is 34.0 Å². The van der Waals surface area contributed by atoms with Gasteiger partial charge >= 0.3 is 0 Å². The average molecular weight is 190 g/mol. The molecule has 0 spiro atoms. The molecule has 1 aliphatic rings. The Morgan fingerprint density at radius 3 is 2.86 bits per heavy atom. The van der Waals surface area contributed by atoms with Crippen molar-refractivity contribution in [1.82, 2.24) is 0 Å². The summed E-state index contributed by atoms with van der Waals surface area (Å²) in [6.07, 6.45) is 11.7. The molecule has 1 rings (SSSR count). The predicted molar refractivity (Wildman–Crippen MR) is 59.6 cm³/mol. The lowest BCUT2D eigenvalue weighted by Crippen LogP contribution is -1.88. The largest absolute Gasteiger partial charge is 0.497 e. The van der Waals surface area contributed by atoms with Gasteiger partial charge in [0.25, 0.3) is 0 Å². The minimum atomic E-state index is 0.885. The summed E-state index contributed by atoms with van der Waals surface area (Å²) < 4.78 is 5.15. The molecule has 0 heterocycles. The molecule has 14 heavy (non-hydrogen) atoms. The Hall–Kier alpha value is -1.64. The van der Waals surface area contributed by atoms with Gasteiger partial charge in [-0.2, -0.15) is 10.2 Å². The summed E-state index contributed by atoms with van der Waals surface area (Å²) in [5.41, 5.74) is 1.03. The van der Waals surface area contributed by atoms with E-state index in [1.54, 1.807) is 13.3 Å². The highest BCUT2D eigenvalue weighted by Crippen LogP contribution is 2.10. The summed E-state index contributed by atoms with van der Waals surface area (Å²) in [5.74, 6) is 0.885. The van der Waals surface area contributed by atoms with Crippen LogP contribution >= 0.6 is 0 Å². The van der Waals surface area contributed by atoms with E-state index >= 15 is 0 Å². The molecule has 3 nitrogen and oxygen atoms in total. The minimum Gasteiger partial charge on any atom is -0.497 e. The summed E-state index contributed by atoms with van der Waals surface area (Å²) in [6.45, 7) is 3.28. The molecule has 0 aliphatic heterocycles. The van der Waals surface area contributed by atoms with Crippen LogP contribution in [-0.2, 0) is 4.74 Å². The van der Waals surface area contributed by atoms with Crippen LogP contribution < -0.4 is 0 Å². The third-order valence-electron chi connectivity index (χ3n) is 1.86. The van der Waals surface area contributed by atoms with Crippen molar-refractivity contribution in [1.29, 1.82) is 0 Å². The number of hydrogen-bond acceptors (Lipinski definition) is 3. The van der Waals surface area contributed by atoms with Crippen LogP contribution in [0.15, 0.2) is 45.8 Å². The Labute approximate surface area is 84.2 Å². The summed E-state index contributed by atoms with van der Waals surface area (Å²) in [4.78, 5) is 0. The lowest BCUT2D eigenvalue weighted by Gasteiger charge is -2.03. The second-order valence-electron chi connectivity index (χ2n) is 2.81. The monoisotopic (exact) mass is 190 g/mol. The number of allylic oxidation sites excluding steroid dienone is 5. The van der Waals surface area contributed by atoms with Gasteiger partial charge in [-0.3, -0.25) is 0 Å². The van der Waals surface area contributed by atoms with Crippen molar-refractivity contribution in [2.45, 2.75) is 12.8 Å². The van der Waals surface area contributed by atoms with Crippen LogP contribution in [0.2, 0.25) is 0 Å². The SMILES string of the molecule is C=N/N=C/C1=CCC/C=C(OC)\C=C/1. The van der Waals surface area contributed by atoms with Crippen LogP contribution in [0.4, 0.5) is 0 Å². The molecule has 1 aliphatic carbocycles. The van der Waals surface area contributed by atoms with Crippen LogP contribution in [0.25, 0.3) is 0 Å². The van der Waals surface area contributed by atoms with E-state index in [1.807, 2.05) is 12.2 Å². The molecule has 0 aromatic carbocycles. The zero-order chi connectivity index (χ0) is 10.2. The van der Waals surface area contributed by atoms with Gasteiger partial charge in [-0.1, -0.05) is 12.2 Å². The maximum Gasteiger partial charge on any atom is 0.114 e. The fraction of sp³-hybridized carbons (Fsp3) is 0.273. The fourth-order valence-corrected chi connectivity index (χ4v) is 1.14. The molecule has 0 radical (unpaired) electrons. The molecule has 74 valence electrons. The first kappa shape index (κ1) is 10.4. The third kappa shape index (κ3) is 3.39. The molecule has 0 amide bonds. The van der Waals surface area contributed by atoms with E-state index in [-0.39, 0.29) is 0 Å². The number of methoxy groups -OCH3 is 1. The quantitative estimate of drug-likeness (QED) is 0.497. The molecule has 0 atom stereocenters. The van der Waals surface area contributed by atoms with Crippen molar-refractivity contribution in [3.63, 3.8) is 0 Å². The second-order valence-corrected chi connectivity index (χ2v) is 2.81. The van der Waals surface area contributed by atoms with Gasteiger partial charge in [0.1, 0.15) is 5.76 Å². The molecule has 0 N–H and O–H groups in total. The third-order valence-corrected chi connectivity index (χ3v) is 1.86. The lowest BCUT2D eigenvalue weighted by molar-refractivity contribution is 0.305. The average Bonchev–Trinajstić information content (AvgIpc) is 2.17. The van der Waals surface area contributed by atoms with Crippen molar-refractivity contribution in [2.24, 2.45) is 10.2 Å².